The molecule has 4 heterocycles. The predicted octanol–water partition coefficient (Wildman–Crippen LogP) is 3.28. The topological polar surface area (TPSA) is 85.8 Å². The Morgan fingerprint density at radius 2 is 2.15 bits per heavy atom. The molecule has 4 aromatic heterocycles. The molecule has 0 aliphatic heterocycles. The molecule has 27 heavy (non-hydrogen) atoms. The largest absolute Gasteiger partial charge is 0.327 e. The maximum absolute atomic E-state index is 4.61. The van der Waals surface area contributed by atoms with Gasteiger partial charge in [-0.15, -0.1) is 15.3 Å². The lowest BCUT2D eigenvalue weighted by Crippen LogP contribution is -1.99. The normalized spacial score (nSPS) is 11.4. The summed E-state index contributed by atoms with van der Waals surface area (Å²) in [5, 5.41) is 22.6. The average Bonchev–Trinajstić information content (AvgIpc) is 3.39. The monoisotopic (exact) mass is 376 g/mol. The first-order valence-corrected chi connectivity index (χ1v) is 9.44. The zero-order valence-electron chi connectivity index (χ0n) is 14.6. The number of benzene rings is 1. The van der Waals surface area contributed by atoms with E-state index in [9.17, 15) is 0 Å². The van der Waals surface area contributed by atoms with E-state index in [1.807, 2.05) is 23.0 Å². The molecule has 0 unspecified atom stereocenters. The highest BCUT2D eigenvalue weighted by Gasteiger charge is 2.13. The fourth-order valence-corrected chi connectivity index (χ4v) is 3.74. The fourth-order valence-electron chi connectivity index (χ4n) is 2.96. The summed E-state index contributed by atoms with van der Waals surface area (Å²) in [6.45, 7) is 2.88. The van der Waals surface area contributed by atoms with Crippen molar-refractivity contribution in [2.24, 2.45) is 0 Å². The minimum Gasteiger partial charge on any atom is -0.327 e. The quantitative estimate of drug-likeness (QED) is 0.507. The fraction of sp³-hybridized carbons (Fsp3) is 0.167. The zero-order chi connectivity index (χ0) is 18.2. The van der Waals surface area contributed by atoms with Gasteiger partial charge in [0.1, 0.15) is 0 Å². The smallest absolute Gasteiger partial charge is 0.236 e. The third kappa shape index (κ3) is 3.02. The Labute approximate surface area is 158 Å². The minimum absolute atomic E-state index is 0.656. The Morgan fingerprint density at radius 3 is 3.04 bits per heavy atom. The molecular formula is C18H16N8S. The molecule has 5 rings (SSSR count). The summed E-state index contributed by atoms with van der Waals surface area (Å²) in [5.74, 6) is 0.807. The van der Waals surface area contributed by atoms with Gasteiger partial charge in [0.05, 0.1) is 17.4 Å². The van der Waals surface area contributed by atoms with Crippen LogP contribution in [0, 0.1) is 0 Å². The molecule has 5 aromatic rings. The van der Waals surface area contributed by atoms with E-state index in [-0.39, 0.29) is 0 Å². The number of fused-ring (bicyclic) bond motifs is 2. The summed E-state index contributed by atoms with van der Waals surface area (Å²) in [4.78, 5) is 5.12. The Kier molecular flexibility index (Phi) is 3.79. The number of aromatic nitrogens is 7. The lowest BCUT2D eigenvalue weighted by molar-refractivity contribution is 0.660. The summed E-state index contributed by atoms with van der Waals surface area (Å²) in [6.07, 6.45) is 6.20. The van der Waals surface area contributed by atoms with Crippen molar-refractivity contribution in [3.05, 3.63) is 60.3 Å². The predicted molar refractivity (Wildman–Crippen MR) is 104 cm³/mol. The van der Waals surface area contributed by atoms with Crippen LogP contribution >= 0.6 is 11.3 Å². The molecule has 0 bridgehead atoms. The zero-order valence-corrected chi connectivity index (χ0v) is 15.4. The number of hydrogen-bond donors (Lipinski definition) is 1. The van der Waals surface area contributed by atoms with Crippen molar-refractivity contribution >= 4 is 38.0 Å². The molecule has 0 aliphatic rings. The second-order valence-corrected chi connectivity index (χ2v) is 7.09. The van der Waals surface area contributed by atoms with Crippen LogP contribution in [0.4, 0.5) is 10.8 Å². The van der Waals surface area contributed by atoms with E-state index in [2.05, 4.69) is 55.8 Å². The first-order valence-electron chi connectivity index (χ1n) is 8.63. The number of pyridine rings is 1. The van der Waals surface area contributed by atoms with Crippen molar-refractivity contribution in [1.82, 2.24) is 34.6 Å². The van der Waals surface area contributed by atoms with Crippen molar-refractivity contribution in [2.45, 2.75) is 19.9 Å². The Bertz CT molecular complexity index is 1230. The van der Waals surface area contributed by atoms with Crippen molar-refractivity contribution < 1.29 is 0 Å². The summed E-state index contributed by atoms with van der Waals surface area (Å²) in [5.41, 5.74) is 3.04. The second kappa shape index (κ2) is 6.44. The van der Waals surface area contributed by atoms with Gasteiger partial charge >= 0.3 is 0 Å². The van der Waals surface area contributed by atoms with Crippen LogP contribution < -0.4 is 5.32 Å². The lowest BCUT2D eigenvalue weighted by Gasteiger charge is -2.01. The summed E-state index contributed by atoms with van der Waals surface area (Å²) >= 11 is 1.46. The molecule has 0 radical (unpaired) electrons. The van der Waals surface area contributed by atoms with Gasteiger partial charge in [0.25, 0.3) is 0 Å². The molecule has 0 fully saturated rings. The van der Waals surface area contributed by atoms with Gasteiger partial charge < -0.3 is 5.32 Å². The van der Waals surface area contributed by atoms with Crippen LogP contribution in [0.15, 0.2) is 48.9 Å². The molecule has 1 aromatic carbocycles. The minimum atomic E-state index is 0.656. The van der Waals surface area contributed by atoms with E-state index in [1.54, 1.807) is 16.9 Å². The lowest BCUT2D eigenvalue weighted by atomic mass is 10.1. The van der Waals surface area contributed by atoms with Crippen LogP contribution in [0.2, 0.25) is 0 Å². The summed E-state index contributed by atoms with van der Waals surface area (Å²) in [7, 11) is 0. The van der Waals surface area contributed by atoms with E-state index in [4.69, 9.17) is 0 Å². The van der Waals surface area contributed by atoms with Crippen molar-refractivity contribution in [1.29, 1.82) is 0 Å². The molecule has 8 nitrogen and oxygen atoms in total. The van der Waals surface area contributed by atoms with E-state index in [0.29, 0.717) is 6.42 Å². The second-order valence-electron chi connectivity index (χ2n) is 6.13. The van der Waals surface area contributed by atoms with Crippen molar-refractivity contribution in [2.75, 3.05) is 5.32 Å². The summed E-state index contributed by atoms with van der Waals surface area (Å²) < 4.78 is 3.66. The third-order valence-corrected chi connectivity index (χ3v) is 5.11. The van der Waals surface area contributed by atoms with Crippen molar-refractivity contribution in [3.63, 3.8) is 0 Å². The van der Waals surface area contributed by atoms with E-state index < -0.39 is 0 Å². The average molecular weight is 376 g/mol. The van der Waals surface area contributed by atoms with Crippen LogP contribution in [0.5, 0.6) is 0 Å². The van der Waals surface area contributed by atoms with Gasteiger partial charge in [0.15, 0.2) is 5.82 Å². The Hall–Kier alpha value is -3.33. The van der Waals surface area contributed by atoms with Gasteiger partial charge in [-0.25, -0.2) is 0 Å². The highest BCUT2D eigenvalue weighted by molar-refractivity contribution is 7.20. The molecule has 134 valence electrons. The maximum atomic E-state index is 4.61. The van der Waals surface area contributed by atoms with Gasteiger partial charge in [-0.05, 0) is 30.7 Å². The Balaban J connectivity index is 1.42. The van der Waals surface area contributed by atoms with Gasteiger partial charge in [0.2, 0.25) is 10.1 Å². The van der Waals surface area contributed by atoms with Gasteiger partial charge in [-0.3, -0.25) is 9.67 Å². The van der Waals surface area contributed by atoms with E-state index >= 15 is 0 Å². The molecule has 1 N–H and O–H groups in total. The molecule has 0 saturated carbocycles. The van der Waals surface area contributed by atoms with E-state index in [1.165, 1.54) is 11.3 Å². The highest BCUT2D eigenvalue weighted by Crippen LogP contribution is 2.24. The van der Waals surface area contributed by atoms with E-state index in [0.717, 1.165) is 44.6 Å². The maximum Gasteiger partial charge on any atom is 0.236 e. The first-order chi connectivity index (χ1) is 13.3. The molecular weight excluding hydrogens is 360 g/mol. The van der Waals surface area contributed by atoms with Crippen LogP contribution in [-0.2, 0) is 13.0 Å². The standard InChI is InChI=1S/C18H16N8S/c1-2-25-11-14(10-20-25)21-17-24-26-16(22-23-18(26)27-17)9-12-5-6-15-13(8-12)4-3-7-19-15/h3-8,10-11H,2,9H2,1H3,(H,21,24). The molecule has 0 aliphatic carbocycles. The molecule has 9 heteroatoms. The van der Waals surface area contributed by atoms with Crippen LogP contribution in [0.25, 0.3) is 15.9 Å². The molecule has 0 saturated heterocycles. The summed E-state index contributed by atoms with van der Waals surface area (Å²) in [6, 6.07) is 10.2. The van der Waals surface area contributed by atoms with Crippen LogP contribution in [-0.4, -0.2) is 34.6 Å². The molecule has 0 spiro atoms. The van der Waals surface area contributed by atoms with Gasteiger partial charge in [-0.1, -0.05) is 23.5 Å². The van der Waals surface area contributed by atoms with Crippen LogP contribution in [0.3, 0.4) is 0 Å². The number of nitrogens with zero attached hydrogens (tertiary/aromatic N) is 7. The molecule has 0 atom stereocenters. The molecule has 0 amide bonds. The third-order valence-electron chi connectivity index (χ3n) is 4.29. The van der Waals surface area contributed by atoms with Gasteiger partial charge in [-0.2, -0.15) is 9.61 Å². The highest BCUT2D eigenvalue weighted by atomic mass is 32.1. The number of nitrogens with one attached hydrogen (secondary N) is 1. The van der Waals surface area contributed by atoms with Crippen LogP contribution in [0.1, 0.15) is 18.3 Å². The number of rotatable bonds is 5. The Morgan fingerprint density at radius 1 is 1.19 bits per heavy atom. The SMILES string of the molecule is CCn1cc(Nc2nn3c(Cc4ccc5ncccc5c4)nnc3s2)cn1. The number of aryl methyl sites for hydroxylation is 1. The van der Waals surface area contributed by atoms with Crippen molar-refractivity contribution in [3.8, 4) is 0 Å². The number of hydrogen-bond acceptors (Lipinski definition) is 7. The van der Waals surface area contributed by atoms with Gasteiger partial charge in [0, 0.05) is 30.7 Å². The first kappa shape index (κ1) is 15.9. The number of anilines is 2.